The molecule has 1 saturated heterocycles. The second-order valence-electron chi connectivity index (χ2n) is 18.7. The lowest BCUT2D eigenvalue weighted by molar-refractivity contribution is -0.178. The van der Waals surface area contributed by atoms with E-state index in [4.69, 9.17) is 9.47 Å². The maximum absolute atomic E-state index is 17.1. The van der Waals surface area contributed by atoms with Gasteiger partial charge in [0.2, 0.25) is 17.6 Å². The van der Waals surface area contributed by atoms with Gasteiger partial charge in [0.1, 0.15) is 5.41 Å². The van der Waals surface area contributed by atoms with Crippen LogP contribution in [0.3, 0.4) is 0 Å². The Morgan fingerprint density at radius 1 is 0.625 bits per heavy atom. The van der Waals surface area contributed by atoms with Crippen LogP contribution in [0.25, 0.3) is 10.8 Å². The van der Waals surface area contributed by atoms with Crippen molar-refractivity contribution in [1.82, 2.24) is 9.88 Å². The Kier molecular flexibility index (Phi) is 18.3. The van der Waals surface area contributed by atoms with E-state index in [-0.39, 0.29) is 57.8 Å². The number of carbonyl (C=O) groups excluding carboxylic acids is 7. The number of likely N-dealkylation sites (tertiary alicyclic amines) is 1. The minimum absolute atomic E-state index is 0.00486. The number of hydrogen-bond acceptors (Lipinski definition) is 10. The van der Waals surface area contributed by atoms with Crippen LogP contribution in [-0.2, 0) is 75.1 Å². The van der Waals surface area contributed by atoms with Gasteiger partial charge in [-0.15, -0.1) is 0 Å². The van der Waals surface area contributed by atoms with Gasteiger partial charge in [-0.3, -0.25) is 38.5 Å². The normalized spacial score (nSPS) is 15.4. The summed E-state index contributed by atoms with van der Waals surface area (Å²) in [4.78, 5) is 115. The number of pyridine rings is 1. The van der Waals surface area contributed by atoms with Gasteiger partial charge in [-0.25, -0.2) is 0 Å². The lowest BCUT2D eigenvalue weighted by atomic mass is 9.49. The molecule has 5 atom stereocenters. The quantitative estimate of drug-likeness (QED) is 0.0361. The standard InChI is InChI=1S/C61H63N2O9/c1-3-71-55(66)41-52(40-47-22-12-7-13-23-47)56(67)60(43-64,42-51-26-16-25-48-24-14-15-27-53(48)51)61(59(70)72-4-2,57(68)49(38-45-18-8-5-9-19-45)30-29-44-31-34-62-35-32-44)58(69)50(39-46-20-10-6-11-21-46)33-37-63-36-17-28-54(63)65/h5-16,18-27,31-32,34-35,49-50,52H,3-4,17,28-30,33,36-42H2,1-2H3. The van der Waals surface area contributed by atoms with Crippen LogP contribution in [0.4, 0.5) is 0 Å². The molecule has 0 spiro atoms. The molecule has 11 nitrogen and oxygen atoms in total. The van der Waals surface area contributed by atoms with Crippen LogP contribution >= 0.6 is 0 Å². The number of Topliss-reactive ketones (excluding diaryl/α,β-unsaturated/α-hetero) is 3. The fraction of sp³-hybridized carbons (Fsp3) is 0.344. The van der Waals surface area contributed by atoms with Gasteiger partial charge in [0.15, 0.2) is 17.3 Å². The predicted molar refractivity (Wildman–Crippen MR) is 275 cm³/mol. The Morgan fingerprint density at radius 2 is 1.17 bits per heavy atom. The average molecular weight is 968 g/mol. The number of ether oxygens (including phenoxy) is 2. The Labute approximate surface area is 422 Å². The lowest BCUT2D eigenvalue weighted by Gasteiger charge is -2.46. The highest BCUT2D eigenvalue weighted by Crippen LogP contribution is 2.52. The van der Waals surface area contributed by atoms with E-state index in [1.54, 1.807) is 79.7 Å². The lowest BCUT2D eigenvalue weighted by Crippen LogP contribution is -2.67. The molecular weight excluding hydrogens is 905 g/mol. The molecule has 1 aromatic heterocycles. The molecular formula is C61H63N2O9. The van der Waals surface area contributed by atoms with E-state index in [9.17, 15) is 9.59 Å². The largest absolute Gasteiger partial charge is 0.466 e. The fourth-order valence-electron chi connectivity index (χ4n) is 10.6. The van der Waals surface area contributed by atoms with Gasteiger partial charge in [0, 0.05) is 49.7 Å². The van der Waals surface area contributed by atoms with Crippen LogP contribution in [0, 0.1) is 28.6 Å². The van der Waals surface area contributed by atoms with E-state index in [1.165, 1.54) is 0 Å². The average Bonchev–Trinajstić information content (AvgIpc) is 3.83. The molecule has 72 heavy (non-hydrogen) atoms. The third-order valence-corrected chi connectivity index (χ3v) is 14.1. The number of aromatic nitrogens is 1. The number of benzene rings is 5. The molecule has 6 aromatic rings. The molecule has 5 aromatic carbocycles. The summed E-state index contributed by atoms with van der Waals surface area (Å²) in [6.07, 6.45) is 5.45. The summed E-state index contributed by atoms with van der Waals surface area (Å²) in [6.45, 7) is 3.43. The Balaban J connectivity index is 1.57. The highest BCUT2D eigenvalue weighted by atomic mass is 16.5. The Bertz CT molecular complexity index is 2800. The monoisotopic (exact) mass is 967 g/mol. The summed E-state index contributed by atoms with van der Waals surface area (Å²) >= 11 is 0. The zero-order valence-corrected chi connectivity index (χ0v) is 41.2. The first kappa shape index (κ1) is 52.4. The minimum atomic E-state index is -3.20. The molecule has 5 unspecified atom stereocenters. The molecule has 371 valence electrons. The van der Waals surface area contributed by atoms with E-state index in [2.05, 4.69) is 11.3 Å². The molecule has 0 aliphatic carbocycles. The van der Waals surface area contributed by atoms with E-state index in [0.29, 0.717) is 47.9 Å². The highest BCUT2D eigenvalue weighted by Gasteiger charge is 2.72. The van der Waals surface area contributed by atoms with Crippen molar-refractivity contribution in [3.63, 3.8) is 0 Å². The summed E-state index contributed by atoms with van der Waals surface area (Å²) in [6, 6.07) is 43.6. The van der Waals surface area contributed by atoms with Crippen molar-refractivity contribution in [2.75, 3.05) is 26.3 Å². The van der Waals surface area contributed by atoms with Gasteiger partial charge < -0.3 is 14.4 Å². The van der Waals surface area contributed by atoms with Crippen LogP contribution < -0.4 is 0 Å². The molecule has 0 N–H and O–H groups in total. The number of fused-ring (bicyclic) bond motifs is 1. The second kappa shape index (κ2) is 25.1. The topological polar surface area (TPSA) is 154 Å². The fourth-order valence-corrected chi connectivity index (χ4v) is 10.6. The molecule has 7 rings (SSSR count). The molecule has 2 heterocycles. The first-order chi connectivity index (χ1) is 35.0. The number of carbonyl (C=O) groups is 6. The molecule has 1 aliphatic rings. The Hall–Kier alpha value is -7.40. The van der Waals surface area contributed by atoms with Crippen molar-refractivity contribution < 1.29 is 43.0 Å². The molecule has 1 aliphatic heterocycles. The number of nitrogens with zero attached hydrogens (tertiary/aromatic N) is 2. The first-order valence-corrected chi connectivity index (χ1v) is 25.1. The van der Waals surface area contributed by atoms with Crippen molar-refractivity contribution >= 4 is 52.3 Å². The van der Waals surface area contributed by atoms with Gasteiger partial charge in [-0.1, -0.05) is 133 Å². The third kappa shape index (κ3) is 12.0. The summed E-state index contributed by atoms with van der Waals surface area (Å²) in [5.74, 6) is -8.89. The van der Waals surface area contributed by atoms with E-state index in [1.807, 2.05) is 97.1 Å². The smallest absolute Gasteiger partial charge is 0.328 e. The third-order valence-electron chi connectivity index (χ3n) is 14.1. The second-order valence-corrected chi connectivity index (χ2v) is 18.7. The zero-order chi connectivity index (χ0) is 50.9. The molecule has 0 saturated carbocycles. The molecule has 0 bridgehead atoms. The predicted octanol–water partition coefficient (Wildman–Crippen LogP) is 9.31. The number of ketones is 3. The summed E-state index contributed by atoms with van der Waals surface area (Å²) in [5.41, 5.74) is -2.89. The van der Waals surface area contributed by atoms with Crippen molar-refractivity contribution in [1.29, 1.82) is 0 Å². The SMILES string of the molecule is CCOC(=O)CC(Cc1ccccc1)C(=O)C([C]=O)(Cc1cccc2ccccc12)C(C(=O)OCC)(C(=O)C(CCc1ccncc1)Cc1ccccc1)C(=O)C(CCN1CCCC1=O)Cc1ccccc1. The van der Waals surface area contributed by atoms with E-state index in [0.717, 1.165) is 16.5 Å². The molecule has 1 fully saturated rings. The van der Waals surface area contributed by atoms with Crippen LogP contribution in [0.1, 0.15) is 73.8 Å². The summed E-state index contributed by atoms with van der Waals surface area (Å²) in [7, 11) is 0. The number of rotatable bonds is 27. The maximum atomic E-state index is 17.1. The van der Waals surface area contributed by atoms with Crippen LogP contribution in [0.5, 0.6) is 0 Å². The maximum Gasteiger partial charge on any atom is 0.328 e. The first-order valence-electron chi connectivity index (χ1n) is 25.1. The van der Waals surface area contributed by atoms with Gasteiger partial charge in [0.25, 0.3) is 0 Å². The van der Waals surface area contributed by atoms with Crippen molar-refractivity contribution in [3.8, 4) is 0 Å². The zero-order valence-electron chi connectivity index (χ0n) is 41.2. The van der Waals surface area contributed by atoms with Gasteiger partial charge in [-0.05, 0) is 116 Å². The number of aryl methyl sites for hydroxylation is 1. The molecule has 1 amide bonds. The van der Waals surface area contributed by atoms with Crippen molar-refractivity contribution in [3.05, 3.63) is 186 Å². The van der Waals surface area contributed by atoms with Crippen molar-refractivity contribution in [2.45, 2.75) is 78.1 Å². The van der Waals surface area contributed by atoms with Crippen LogP contribution in [0.2, 0.25) is 0 Å². The minimum Gasteiger partial charge on any atom is -0.466 e. The number of amides is 1. The van der Waals surface area contributed by atoms with Crippen molar-refractivity contribution in [2.24, 2.45) is 28.6 Å². The van der Waals surface area contributed by atoms with E-state index >= 15 is 24.0 Å². The molecule has 1 radical (unpaired) electrons. The van der Waals surface area contributed by atoms with Crippen LogP contribution in [0.15, 0.2) is 158 Å². The summed E-state index contributed by atoms with van der Waals surface area (Å²) in [5, 5.41) is 1.35. The summed E-state index contributed by atoms with van der Waals surface area (Å²) < 4.78 is 11.5. The number of hydrogen-bond donors (Lipinski definition) is 0. The van der Waals surface area contributed by atoms with Gasteiger partial charge >= 0.3 is 11.9 Å². The van der Waals surface area contributed by atoms with Gasteiger partial charge in [-0.2, -0.15) is 0 Å². The Morgan fingerprint density at radius 3 is 1.72 bits per heavy atom. The van der Waals surface area contributed by atoms with Gasteiger partial charge in [0.05, 0.1) is 19.6 Å². The van der Waals surface area contributed by atoms with Crippen LogP contribution in [-0.4, -0.2) is 77.7 Å². The highest BCUT2D eigenvalue weighted by molar-refractivity contribution is 6.30. The number of esters is 2. The van der Waals surface area contributed by atoms with E-state index < -0.39 is 70.7 Å². The molecule has 11 heteroatoms.